The SMILES string of the molecule is O=C([O-])c1ccc(C[P+](c2ccccc2)(c2ccccc2)c2ccccc2)cc1.[Na+]. The Hall–Kier alpha value is -2.22. The molecule has 0 aliphatic carbocycles. The van der Waals surface area contributed by atoms with Crippen LogP contribution in [0.15, 0.2) is 115 Å². The van der Waals surface area contributed by atoms with Gasteiger partial charge in [-0.15, -0.1) is 0 Å². The van der Waals surface area contributed by atoms with Crippen LogP contribution in [0.5, 0.6) is 0 Å². The third-order valence-electron chi connectivity index (χ3n) is 5.20. The van der Waals surface area contributed by atoms with E-state index in [4.69, 9.17) is 0 Å². The van der Waals surface area contributed by atoms with Crippen molar-refractivity contribution in [1.82, 2.24) is 0 Å². The van der Waals surface area contributed by atoms with Crippen LogP contribution < -0.4 is 50.6 Å². The van der Waals surface area contributed by atoms with Gasteiger partial charge in [0.2, 0.25) is 0 Å². The van der Waals surface area contributed by atoms with Crippen LogP contribution in [0.3, 0.4) is 0 Å². The van der Waals surface area contributed by atoms with Gasteiger partial charge in [-0.3, -0.25) is 0 Å². The Morgan fingerprint density at radius 1 is 0.600 bits per heavy atom. The summed E-state index contributed by atoms with van der Waals surface area (Å²) >= 11 is 0. The number of aromatic carboxylic acids is 1. The normalized spacial score (nSPS) is 10.8. The van der Waals surface area contributed by atoms with Gasteiger partial charge in [0.25, 0.3) is 0 Å². The maximum absolute atomic E-state index is 11.2. The van der Waals surface area contributed by atoms with Gasteiger partial charge < -0.3 is 9.90 Å². The first-order chi connectivity index (χ1) is 14.2. The average molecular weight is 419 g/mol. The zero-order chi connectivity index (χ0) is 20.1. The first-order valence-corrected chi connectivity index (χ1v) is 11.5. The number of carboxylic acid groups (broad SMARTS) is 1. The van der Waals surface area contributed by atoms with E-state index < -0.39 is 13.2 Å². The summed E-state index contributed by atoms with van der Waals surface area (Å²) in [6.07, 6.45) is 0.818. The fourth-order valence-electron chi connectivity index (χ4n) is 3.79. The van der Waals surface area contributed by atoms with Crippen LogP contribution in [-0.2, 0) is 6.16 Å². The molecule has 2 nitrogen and oxygen atoms in total. The molecule has 0 bridgehead atoms. The Kier molecular flexibility index (Phi) is 7.64. The molecule has 0 atom stereocenters. The molecule has 0 aliphatic heterocycles. The van der Waals surface area contributed by atoms with Crippen LogP contribution >= 0.6 is 7.26 Å². The molecular weight excluding hydrogens is 398 g/mol. The second kappa shape index (κ2) is 10.2. The number of hydrogen-bond donors (Lipinski definition) is 0. The summed E-state index contributed by atoms with van der Waals surface area (Å²) in [4.78, 5) is 11.2. The number of carbonyl (C=O) groups is 1. The Morgan fingerprint density at radius 3 is 1.30 bits per heavy atom. The van der Waals surface area contributed by atoms with Gasteiger partial charge in [0.15, 0.2) is 0 Å². The van der Waals surface area contributed by atoms with E-state index in [0.717, 1.165) is 11.7 Å². The third-order valence-corrected chi connectivity index (χ3v) is 9.58. The predicted octanol–water partition coefficient (Wildman–Crippen LogP) is 0.548. The van der Waals surface area contributed by atoms with Gasteiger partial charge in [-0.1, -0.05) is 78.9 Å². The fraction of sp³-hybridized carbons (Fsp3) is 0.0385. The van der Waals surface area contributed by atoms with Crippen LogP contribution in [0.4, 0.5) is 0 Å². The molecule has 0 N–H and O–H groups in total. The Bertz CT molecular complexity index is 986. The molecule has 0 fully saturated rings. The van der Waals surface area contributed by atoms with Crippen molar-refractivity contribution in [2.24, 2.45) is 0 Å². The van der Waals surface area contributed by atoms with Gasteiger partial charge in [0.1, 0.15) is 23.2 Å². The predicted molar refractivity (Wildman–Crippen MR) is 120 cm³/mol. The quantitative estimate of drug-likeness (QED) is 0.338. The third kappa shape index (κ3) is 4.58. The minimum Gasteiger partial charge on any atom is -0.545 e. The van der Waals surface area contributed by atoms with Gasteiger partial charge in [0.05, 0.1) is 12.1 Å². The Labute approximate surface area is 200 Å². The van der Waals surface area contributed by atoms with Crippen LogP contribution in [-0.4, -0.2) is 5.97 Å². The van der Waals surface area contributed by atoms with E-state index in [1.165, 1.54) is 15.9 Å². The molecule has 0 aromatic heterocycles. The molecule has 0 saturated heterocycles. The summed E-state index contributed by atoms with van der Waals surface area (Å²) in [5.41, 5.74) is 1.32. The van der Waals surface area contributed by atoms with E-state index in [1.54, 1.807) is 12.1 Å². The summed E-state index contributed by atoms with van der Waals surface area (Å²) in [5, 5.41) is 15.1. The first-order valence-electron chi connectivity index (χ1n) is 9.55. The van der Waals surface area contributed by atoms with Crippen LogP contribution in [0, 0.1) is 0 Å². The van der Waals surface area contributed by atoms with Gasteiger partial charge in [-0.25, -0.2) is 0 Å². The molecule has 0 saturated carbocycles. The van der Waals surface area contributed by atoms with Crippen LogP contribution in [0.2, 0.25) is 0 Å². The van der Waals surface area contributed by atoms with Crippen molar-refractivity contribution < 1.29 is 39.5 Å². The molecule has 0 spiro atoms. The minimum absolute atomic E-state index is 0. The summed E-state index contributed by atoms with van der Waals surface area (Å²) in [6, 6.07) is 39.1. The zero-order valence-electron chi connectivity index (χ0n) is 16.9. The smallest absolute Gasteiger partial charge is 0.545 e. The Morgan fingerprint density at radius 2 is 0.967 bits per heavy atom. The van der Waals surface area contributed by atoms with E-state index in [0.29, 0.717) is 0 Å². The summed E-state index contributed by atoms with van der Waals surface area (Å²) in [7, 11) is -1.98. The van der Waals surface area contributed by atoms with Crippen molar-refractivity contribution >= 4 is 29.1 Å². The van der Waals surface area contributed by atoms with E-state index in [1.807, 2.05) is 30.3 Å². The van der Waals surface area contributed by atoms with E-state index in [2.05, 4.69) is 72.8 Å². The monoisotopic (exact) mass is 419 g/mol. The minimum atomic E-state index is -1.98. The first kappa shape index (κ1) is 22.5. The molecule has 4 rings (SSSR count). The van der Waals surface area contributed by atoms with Crippen molar-refractivity contribution in [3.63, 3.8) is 0 Å². The van der Waals surface area contributed by atoms with Crippen molar-refractivity contribution in [1.29, 1.82) is 0 Å². The van der Waals surface area contributed by atoms with E-state index in [9.17, 15) is 9.90 Å². The molecule has 4 heteroatoms. The molecule has 0 aliphatic rings. The van der Waals surface area contributed by atoms with Gasteiger partial charge in [-0.05, 0) is 47.5 Å². The maximum Gasteiger partial charge on any atom is 1.00 e. The molecular formula is C26H21NaO2P+. The topological polar surface area (TPSA) is 40.1 Å². The van der Waals surface area contributed by atoms with Crippen LogP contribution in [0.1, 0.15) is 15.9 Å². The summed E-state index contributed by atoms with van der Waals surface area (Å²) in [5.74, 6) is -1.15. The number of benzene rings is 4. The van der Waals surface area contributed by atoms with Crippen LogP contribution in [0.25, 0.3) is 0 Å². The van der Waals surface area contributed by atoms with Crippen molar-refractivity contribution in [3.05, 3.63) is 126 Å². The largest absolute Gasteiger partial charge is 1.00 e. The average Bonchev–Trinajstić information content (AvgIpc) is 2.79. The Balaban J connectivity index is 0.00000256. The van der Waals surface area contributed by atoms with Gasteiger partial charge in [-0.2, -0.15) is 0 Å². The second-order valence-corrected chi connectivity index (χ2v) is 10.4. The maximum atomic E-state index is 11.2. The van der Waals surface area contributed by atoms with Crippen molar-refractivity contribution in [2.45, 2.75) is 6.16 Å². The van der Waals surface area contributed by atoms with Gasteiger partial charge in [0, 0.05) is 0 Å². The number of carboxylic acids is 1. The molecule has 4 aromatic carbocycles. The number of carbonyl (C=O) groups excluding carboxylic acids is 1. The molecule has 0 unspecified atom stereocenters. The number of rotatable bonds is 6. The zero-order valence-corrected chi connectivity index (χ0v) is 19.8. The van der Waals surface area contributed by atoms with E-state index in [-0.39, 0.29) is 35.1 Å². The molecule has 142 valence electrons. The number of hydrogen-bond acceptors (Lipinski definition) is 2. The van der Waals surface area contributed by atoms with Crippen molar-refractivity contribution in [2.75, 3.05) is 0 Å². The van der Waals surface area contributed by atoms with Crippen molar-refractivity contribution in [3.8, 4) is 0 Å². The molecule has 4 aromatic rings. The standard InChI is InChI=1S/C26H21O2P.Na/c27-26(28)22-18-16-21(17-19-22)20-29(23-10-4-1-5-11-23,24-12-6-2-7-13-24)25-14-8-3-9-15-25;/h1-19H,20H2;/q;+1. The molecule has 0 radical (unpaired) electrons. The summed E-state index contributed by atoms with van der Waals surface area (Å²) in [6.45, 7) is 0. The van der Waals surface area contributed by atoms with Gasteiger partial charge >= 0.3 is 29.6 Å². The fourth-order valence-corrected chi connectivity index (χ4v) is 8.03. The molecule has 30 heavy (non-hydrogen) atoms. The second-order valence-electron chi connectivity index (χ2n) is 6.96. The van der Waals surface area contributed by atoms with E-state index >= 15 is 0 Å². The molecule has 0 heterocycles. The molecule has 0 amide bonds. The summed E-state index contributed by atoms with van der Waals surface area (Å²) < 4.78 is 0.